The number of alkyl halides is 3. The number of halogens is 3. The summed E-state index contributed by atoms with van der Waals surface area (Å²) in [5.74, 6) is -0.606. The fourth-order valence-electron chi connectivity index (χ4n) is 5.06. The molecule has 2 heterocycles. The Balaban J connectivity index is 1.43. The Labute approximate surface area is 211 Å². The molecule has 2 aliphatic rings. The van der Waals surface area contributed by atoms with E-state index < -0.39 is 26.0 Å². The molecule has 11 heteroatoms. The number of carbonyl (C=O) groups is 1. The quantitative estimate of drug-likeness (QED) is 0.502. The number of hydrogen-bond donors (Lipinski definition) is 1. The number of anilines is 1. The van der Waals surface area contributed by atoms with E-state index in [9.17, 15) is 18.0 Å². The second-order valence-electron chi connectivity index (χ2n) is 11.7. The van der Waals surface area contributed by atoms with Crippen LogP contribution in [0.3, 0.4) is 0 Å². The molecular formula is C25H37F3N4O3Si. The second kappa shape index (κ2) is 9.64. The van der Waals surface area contributed by atoms with Gasteiger partial charge in [-0.25, -0.2) is 0 Å². The number of primary amides is 1. The summed E-state index contributed by atoms with van der Waals surface area (Å²) >= 11 is 0. The fourth-order valence-corrected chi connectivity index (χ4v) is 6.48. The summed E-state index contributed by atoms with van der Waals surface area (Å²) < 4.78 is 52.9. The van der Waals surface area contributed by atoms with E-state index in [1.54, 1.807) is 4.90 Å². The summed E-state index contributed by atoms with van der Waals surface area (Å²) in [6.07, 6.45) is -0.235. The molecule has 36 heavy (non-hydrogen) atoms. The van der Waals surface area contributed by atoms with Crippen molar-refractivity contribution in [3.8, 4) is 0 Å². The number of likely N-dealkylation sites (tertiary alicyclic amines) is 1. The molecule has 1 amide bonds. The molecular weight excluding hydrogens is 489 g/mol. The van der Waals surface area contributed by atoms with E-state index in [1.165, 1.54) is 12.1 Å². The Morgan fingerprint density at radius 2 is 1.83 bits per heavy atom. The van der Waals surface area contributed by atoms with Gasteiger partial charge in [-0.05, 0) is 55.9 Å². The van der Waals surface area contributed by atoms with Gasteiger partial charge in [-0.15, -0.1) is 0 Å². The van der Waals surface area contributed by atoms with Crippen LogP contribution in [0.2, 0.25) is 18.1 Å². The van der Waals surface area contributed by atoms with Crippen molar-refractivity contribution in [1.29, 1.82) is 0 Å². The topological polar surface area (TPSA) is 84.8 Å². The highest BCUT2D eigenvalue weighted by atomic mass is 28.4. The lowest BCUT2D eigenvalue weighted by Gasteiger charge is -2.50. The lowest BCUT2D eigenvalue weighted by atomic mass is 9.89. The molecule has 1 aliphatic heterocycles. The maximum absolute atomic E-state index is 13.7. The van der Waals surface area contributed by atoms with Crippen molar-refractivity contribution in [3.63, 3.8) is 0 Å². The number of carbonyl (C=O) groups excluding carboxylic acids is 1. The lowest BCUT2D eigenvalue weighted by Crippen LogP contribution is -2.64. The molecule has 2 aromatic rings. The third-order valence-corrected chi connectivity index (χ3v) is 12.7. The molecule has 0 bridgehead atoms. The SMILES string of the molecule is CC(C)(C)[Si](C)(C)OC1CCC(N2CC(N(CC(N)=O)c3noc4cccc(C(F)(F)F)c34)C2)CC1. The molecule has 0 unspecified atom stereocenters. The monoisotopic (exact) mass is 526 g/mol. The Hall–Kier alpha value is -2.11. The van der Waals surface area contributed by atoms with Gasteiger partial charge in [0.2, 0.25) is 5.91 Å². The maximum Gasteiger partial charge on any atom is 0.417 e. The average Bonchev–Trinajstić information content (AvgIpc) is 3.15. The van der Waals surface area contributed by atoms with Crippen molar-refractivity contribution in [2.24, 2.45) is 5.73 Å². The molecule has 1 aromatic heterocycles. The number of aromatic nitrogens is 1. The zero-order valence-electron chi connectivity index (χ0n) is 21.7. The number of nitrogens with zero attached hydrogens (tertiary/aromatic N) is 3. The number of hydrogen-bond acceptors (Lipinski definition) is 6. The molecule has 1 aliphatic carbocycles. The van der Waals surface area contributed by atoms with Crippen molar-refractivity contribution in [2.45, 2.75) is 89.0 Å². The summed E-state index contributed by atoms with van der Waals surface area (Å²) in [6.45, 7) is 12.4. The van der Waals surface area contributed by atoms with Crippen LogP contribution in [-0.2, 0) is 15.4 Å². The summed E-state index contributed by atoms with van der Waals surface area (Å²) in [7, 11) is -1.81. The van der Waals surface area contributed by atoms with Crippen LogP contribution in [0.15, 0.2) is 22.7 Å². The van der Waals surface area contributed by atoms with Crippen LogP contribution in [0.4, 0.5) is 19.0 Å². The average molecular weight is 527 g/mol. The van der Waals surface area contributed by atoms with Gasteiger partial charge in [0.05, 0.1) is 23.5 Å². The minimum absolute atomic E-state index is 0.0212. The van der Waals surface area contributed by atoms with E-state index in [-0.39, 0.29) is 40.5 Å². The van der Waals surface area contributed by atoms with E-state index in [1.807, 2.05) is 0 Å². The molecule has 1 saturated heterocycles. The lowest BCUT2D eigenvalue weighted by molar-refractivity contribution is -0.136. The van der Waals surface area contributed by atoms with Gasteiger partial charge < -0.3 is 19.6 Å². The van der Waals surface area contributed by atoms with Gasteiger partial charge in [-0.1, -0.05) is 32.0 Å². The molecule has 1 aromatic carbocycles. The molecule has 4 rings (SSSR count). The van der Waals surface area contributed by atoms with Gasteiger partial charge in [0.25, 0.3) is 0 Å². The standard InChI is InChI=1S/C25H37F3N4O3Si/c1-24(2,3)36(4,5)35-18-11-9-16(10-12-18)31-13-17(14-31)32(15-21(29)33)23-22-19(25(26,27)28)7-6-8-20(22)34-30-23/h6-8,16-18H,9-15H2,1-5H3,(H2,29,33). The van der Waals surface area contributed by atoms with Crippen molar-refractivity contribution in [3.05, 3.63) is 23.8 Å². The first-order valence-corrected chi connectivity index (χ1v) is 15.5. The summed E-state index contributed by atoms with van der Waals surface area (Å²) in [5, 5.41) is 3.98. The first-order valence-electron chi connectivity index (χ1n) is 12.6. The van der Waals surface area contributed by atoms with Crippen LogP contribution in [0.25, 0.3) is 11.0 Å². The predicted octanol–water partition coefficient (Wildman–Crippen LogP) is 5.16. The first kappa shape index (κ1) is 26.9. The number of fused-ring (bicyclic) bond motifs is 1. The molecule has 7 nitrogen and oxygen atoms in total. The van der Waals surface area contributed by atoms with Crippen LogP contribution >= 0.6 is 0 Å². The second-order valence-corrected chi connectivity index (χ2v) is 16.4. The Morgan fingerprint density at radius 1 is 1.19 bits per heavy atom. The van der Waals surface area contributed by atoms with Crippen molar-refractivity contribution < 1.29 is 26.9 Å². The van der Waals surface area contributed by atoms with Crippen molar-refractivity contribution >= 4 is 31.0 Å². The molecule has 0 atom stereocenters. The Kier molecular flexibility index (Phi) is 7.22. The van der Waals surface area contributed by atoms with Gasteiger partial charge in [0.15, 0.2) is 19.7 Å². The fraction of sp³-hybridized carbons (Fsp3) is 0.680. The minimum atomic E-state index is -4.57. The highest BCUT2D eigenvalue weighted by Crippen LogP contribution is 2.42. The van der Waals surface area contributed by atoms with Crippen LogP contribution in [-0.4, -0.2) is 62.1 Å². The van der Waals surface area contributed by atoms with E-state index in [4.69, 9.17) is 14.7 Å². The van der Waals surface area contributed by atoms with Gasteiger partial charge in [0.1, 0.15) is 0 Å². The van der Waals surface area contributed by atoms with Gasteiger partial charge in [0, 0.05) is 25.2 Å². The Bertz CT molecular complexity index is 1080. The largest absolute Gasteiger partial charge is 0.417 e. The van der Waals surface area contributed by atoms with Crippen molar-refractivity contribution in [2.75, 3.05) is 24.5 Å². The van der Waals surface area contributed by atoms with Crippen LogP contribution in [0.1, 0.15) is 52.0 Å². The smallest absolute Gasteiger partial charge is 0.414 e. The van der Waals surface area contributed by atoms with Crippen LogP contribution in [0, 0.1) is 0 Å². The van der Waals surface area contributed by atoms with E-state index in [0.717, 1.165) is 31.7 Å². The van der Waals surface area contributed by atoms with E-state index in [0.29, 0.717) is 19.1 Å². The normalized spacial score (nSPS) is 22.6. The molecule has 200 valence electrons. The van der Waals surface area contributed by atoms with Crippen molar-refractivity contribution in [1.82, 2.24) is 10.1 Å². The summed E-state index contributed by atoms with van der Waals surface area (Å²) in [6, 6.07) is 3.96. The maximum atomic E-state index is 13.7. The van der Waals surface area contributed by atoms with E-state index >= 15 is 0 Å². The first-order chi connectivity index (χ1) is 16.7. The van der Waals surface area contributed by atoms with Crippen LogP contribution < -0.4 is 10.6 Å². The summed E-state index contributed by atoms with van der Waals surface area (Å²) in [5.41, 5.74) is 4.67. The molecule has 2 N–H and O–H groups in total. The highest BCUT2D eigenvalue weighted by molar-refractivity contribution is 6.74. The number of amides is 1. The predicted molar refractivity (Wildman–Crippen MR) is 135 cm³/mol. The summed E-state index contributed by atoms with van der Waals surface area (Å²) in [4.78, 5) is 15.8. The van der Waals surface area contributed by atoms with Crippen LogP contribution in [0.5, 0.6) is 0 Å². The highest BCUT2D eigenvalue weighted by Gasteiger charge is 2.43. The third-order valence-electron chi connectivity index (χ3n) is 8.14. The Morgan fingerprint density at radius 3 is 2.39 bits per heavy atom. The zero-order chi connectivity index (χ0) is 26.5. The third kappa shape index (κ3) is 5.42. The minimum Gasteiger partial charge on any atom is -0.414 e. The van der Waals surface area contributed by atoms with Gasteiger partial charge in [-0.3, -0.25) is 9.69 Å². The van der Waals surface area contributed by atoms with E-state index in [2.05, 4.69) is 43.9 Å². The zero-order valence-corrected chi connectivity index (χ0v) is 22.7. The molecule has 0 radical (unpaired) electrons. The van der Waals surface area contributed by atoms with Gasteiger partial charge >= 0.3 is 6.18 Å². The number of rotatable bonds is 7. The molecule has 2 fully saturated rings. The number of benzene rings is 1. The van der Waals surface area contributed by atoms with Gasteiger partial charge in [-0.2, -0.15) is 13.2 Å². The molecule has 1 saturated carbocycles. The number of nitrogens with two attached hydrogens (primary N) is 1. The molecule has 0 spiro atoms.